The van der Waals surface area contributed by atoms with Gasteiger partial charge in [-0.1, -0.05) is 41.0 Å². The quantitative estimate of drug-likeness (QED) is 0.513. The van der Waals surface area contributed by atoms with Crippen molar-refractivity contribution in [2.24, 2.45) is 0 Å². The van der Waals surface area contributed by atoms with E-state index in [0.717, 1.165) is 28.1 Å². The van der Waals surface area contributed by atoms with Gasteiger partial charge in [0.25, 0.3) is 0 Å². The first-order valence-electron chi connectivity index (χ1n) is 9.99. The van der Waals surface area contributed by atoms with Crippen LogP contribution in [-0.4, -0.2) is 27.0 Å². The van der Waals surface area contributed by atoms with Crippen molar-refractivity contribution < 1.29 is 4.74 Å². The minimum absolute atomic E-state index is 0.0384. The Labute approximate surface area is 198 Å². The number of anilines is 1. The van der Waals surface area contributed by atoms with Crippen molar-refractivity contribution in [1.29, 1.82) is 0 Å². The molecule has 3 aliphatic heterocycles. The Morgan fingerprint density at radius 1 is 1.29 bits per heavy atom. The fourth-order valence-electron chi connectivity index (χ4n) is 4.33. The van der Waals surface area contributed by atoms with Crippen molar-refractivity contribution in [2.75, 3.05) is 11.7 Å². The second kappa shape index (κ2) is 7.34. The van der Waals surface area contributed by atoms with Crippen LogP contribution in [0.3, 0.4) is 0 Å². The van der Waals surface area contributed by atoms with Crippen molar-refractivity contribution in [3.63, 3.8) is 0 Å². The molecule has 2 aromatic heterocycles. The fraction of sp³-hybridized carbons (Fsp3) is 0.400. The zero-order chi connectivity index (χ0) is 21.3. The predicted octanol–water partition coefficient (Wildman–Crippen LogP) is 4.66. The number of hydrazine groups is 1. The van der Waals surface area contributed by atoms with E-state index in [2.05, 4.69) is 44.4 Å². The molecule has 2 N–H and O–H groups in total. The molecule has 31 heavy (non-hydrogen) atoms. The lowest BCUT2D eigenvalue weighted by molar-refractivity contribution is -0.0385. The molecule has 1 saturated heterocycles. The number of rotatable bonds is 3. The molecular formula is C20H20Cl2N6OS2. The number of hydrogen-bond donors (Lipinski definition) is 2. The van der Waals surface area contributed by atoms with Crippen LogP contribution in [0.25, 0.3) is 5.00 Å². The summed E-state index contributed by atoms with van der Waals surface area (Å²) in [6.45, 7) is 5.62. The summed E-state index contributed by atoms with van der Waals surface area (Å²) in [4.78, 5) is 1.28. The fourth-order valence-corrected chi connectivity index (χ4v) is 7.33. The van der Waals surface area contributed by atoms with Gasteiger partial charge in [0.15, 0.2) is 5.16 Å². The second-order valence-corrected chi connectivity index (χ2v) is 11.2. The van der Waals surface area contributed by atoms with E-state index < -0.39 is 0 Å². The van der Waals surface area contributed by atoms with Gasteiger partial charge in [-0.3, -0.25) is 10.3 Å². The smallest absolute Gasteiger partial charge is 0.249 e. The van der Waals surface area contributed by atoms with Gasteiger partial charge in [-0.15, -0.1) is 21.5 Å². The van der Waals surface area contributed by atoms with Crippen LogP contribution < -0.4 is 15.8 Å². The van der Waals surface area contributed by atoms with Gasteiger partial charge in [-0.2, -0.15) is 0 Å². The second-order valence-electron chi connectivity index (χ2n) is 8.37. The summed E-state index contributed by atoms with van der Waals surface area (Å²) in [5.41, 5.74) is 6.81. The summed E-state index contributed by atoms with van der Waals surface area (Å²) in [5.74, 6) is 1.40. The molecule has 3 aliphatic rings. The number of nitrogens with one attached hydrogen (secondary N) is 2. The third kappa shape index (κ3) is 3.21. The maximum atomic E-state index is 6.38. The lowest BCUT2D eigenvalue weighted by atomic mass is 9.92. The Hall–Kier alpha value is -1.33. The van der Waals surface area contributed by atoms with E-state index in [9.17, 15) is 0 Å². The summed E-state index contributed by atoms with van der Waals surface area (Å²) >= 11 is 16.1. The van der Waals surface area contributed by atoms with Gasteiger partial charge in [0, 0.05) is 32.7 Å². The highest BCUT2D eigenvalue weighted by Gasteiger charge is 2.43. The number of thiophene rings is 1. The largest absolute Gasteiger partial charge is 0.370 e. The van der Waals surface area contributed by atoms with Crippen LogP contribution in [0.2, 0.25) is 10.0 Å². The van der Waals surface area contributed by atoms with E-state index in [1.807, 2.05) is 18.2 Å². The van der Waals surface area contributed by atoms with Crippen molar-refractivity contribution in [3.8, 4) is 5.00 Å². The predicted molar refractivity (Wildman–Crippen MR) is 124 cm³/mol. The molecule has 5 heterocycles. The Balaban J connectivity index is 1.43. The van der Waals surface area contributed by atoms with E-state index >= 15 is 0 Å². The molecule has 1 atom stereocenters. The number of ether oxygens (including phenoxy) is 1. The Morgan fingerprint density at radius 2 is 2.10 bits per heavy atom. The summed E-state index contributed by atoms with van der Waals surface area (Å²) in [6, 6.07) is 5.58. The van der Waals surface area contributed by atoms with Crippen LogP contribution in [0, 0.1) is 0 Å². The minimum Gasteiger partial charge on any atom is -0.370 e. The van der Waals surface area contributed by atoms with E-state index in [0.29, 0.717) is 29.1 Å². The Kier molecular flexibility index (Phi) is 4.81. The average Bonchev–Trinajstić information content (AvgIpc) is 3.42. The molecular weight excluding hydrogens is 475 g/mol. The number of aromatic nitrogens is 3. The van der Waals surface area contributed by atoms with Crippen LogP contribution in [-0.2, 0) is 23.5 Å². The first-order chi connectivity index (χ1) is 14.9. The Bertz CT molecular complexity index is 1170. The molecule has 162 valence electrons. The van der Waals surface area contributed by atoms with E-state index in [1.54, 1.807) is 23.1 Å². The van der Waals surface area contributed by atoms with Crippen LogP contribution in [0.1, 0.15) is 41.6 Å². The molecule has 0 aliphatic carbocycles. The molecule has 0 amide bonds. The third-order valence-corrected chi connectivity index (χ3v) is 8.70. The molecule has 1 fully saturated rings. The van der Waals surface area contributed by atoms with E-state index in [1.165, 1.54) is 16.0 Å². The summed E-state index contributed by atoms with van der Waals surface area (Å²) in [7, 11) is 0. The van der Waals surface area contributed by atoms with Crippen molar-refractivity contribution in [1.82, 2.24) is 25.5 Å². The molecule has 1 unspecified atom stereocenters. The molecule has 6 rings (SSSR count). The zero-order valence-electron chi connectivity index (χ0n) is 16.9. The molecule has 0 bridgehead atoms. The highest BCUT2D eigenvalue weighted by atomic mass is 35.5. The molecule has 3 aromatic rings. The number of nitrogens with zero attached hydrogens (tertiary/aromatic N) is 4. The van der Waals surface area contributed by atoms with Crippen molar-refractivity contribution in [2.45, 2.75) is 49.6 Å². The lowest BCUT2D eigenvalue weighted by Crippen LogP contribution is -2.40. The minimum atomic E-state index is -0.176. The number of fused-ring (bicyclic) bond motifs is 8. The lowest BCUT2D eigenvalue weighted by Gasteiger charge is -2.34. The van der Waals surface area contributed by atoms with Crippen molar-refractivity contribution in [3.05, 3.63) is 49.8 Å². The monoisotopic (exact) mass is 494 g/mol. The molecule has 0 saturated carbocycles. The maximum Gasteiger partial charge on any atom is 0.249 e. The summed E-state index contributed by atoms with van der Waals surface area (Å²) < 4.78 is 8.25. The topological polar surface area (TPSA) is 67.2 Å². The van der Waals surface area contributed by atoms with Crippen LogP contribution in [0.15, 0.2) is 23.4 Å². The number of hydrogen-bond acceptors (Lipinski definition) is 8. The van der Waals surface area contributed by atoms with Crippen LogP contribution >= 0.6 is 46.3 Å². The van der Waals surface area contributed by atoms with E-state index in [-0.39, 0.29) is 11.8 Å². The normalized spacial score (nSPS) is 20.9. The summed E-state index contributed by atoms with van der Waals surface area (Å²) in [5, 5.41) is 18.0. The average molecular weight is 495 g/mol. The maximum absolute atomic E-state index is 6.38. The summed E-state index contributed by atoms with van der Waals surface area (Å²) in [6.07, 6.45) is 0.923. The number of benzene rings is 1. The first kappa shape index (κ1) is 20.3. The SMILES string of the molecule is CC1(C)Cc2c(sc3c2C2NCNN2c2nnc(SCc4c(Cl)cccc4Cl)n2-3)CO1. The van der Waals surface area contributed by atoms with Crippen molar-refractivity contribution >= 4 is 52.2 Å². The number of halogens is 2. The zero-order valence-corrected chi connectivity index (χ0v) is 20.1. The Morgan fingerprint density at radius 3 is 2.90 bits per heavy atom. The molecule has 1 aromatic carbocycles. The third-order valence-electron chi connectivity index (χ3n) is 5.83. The molecule has 0 radical (unpaired) electrons. The van der Waals surface area contributed by atoms with Gasteiger partial charge >= 0.3 is 0 Å². The van der Waals surface area contributed by atoms with Gasteiger partial charge in [-0.05, 0) is 37.1 Å². The van der Waals surface area contributed by atoms with Gasteiger partial charge in [0.05, 0.1) is 18.9 Å². The molecule has 0 spiro atoms. The molecule has 11 heteroatoms. The first-order valence-corrected chi connectivity index (χ1v) is 12.5. The molecule has 7 nitrogen and oxygen atoms in total. The van der Waals surface area contributed by atoms with Gasteiger partial charge in [-0.25, -0.2) is 9.99 Å². The van der Waals surface area contributed by atoms with E-state index in [4.69, 9.17) is 27.9 Å². The highest BCUT2D eigenvalue weighted by Crippen LogP contribution is 2.48. The van der Waals surface area contributed by atoms with Gasteiger partial charge < -0.3 is 4.74 Å². The highest BCUT2D eigenvalue weighted by molar-refractivity contribution is 7.98. The van der Waals surface area contributed by atoms with Gasteiger partial charge in [0.2, 0.25) is 5.95 Å². The van der Waals surface area contributed by atoms with Crippen LogP contribution in [0.5, 0.6) is 0 Å². The standard InChI is InChI=1S/C20H20Cl2N6OS2/c1-20(2)6-10-14(7-29-20)31-17-15(10)16-23-9-24-28(16)18-25-26-19(27(17)18)30-8-11-12(21)4-3-5-13(11)22/h3-5,16,23-24H,6-9H2,1-2H3. The number of thioether (sulfide) groups is 1. The van der Waals surface area contributed by atoms with Gasteiger partial charge in [0.1, 0.15) is 11.2 Å². The van der Waals surface area contributed by atoms with Crippen LogP contribution in [0.4, 0.5) is 5.95 Å².